The number of carbonyl (C=O) groups is 1. The minimum atomic E-state index is -0.000770. The van der Waals surface area contributed by atoms with E-state index in [4.69, 9.17) is 4.74 Å². The van der Waals surface area contributed by atoms with Gasteiger partial charge in [0, 0.05) is 19.1 Å². The Morgan fingerprint density at radius 1 is 1.12 bits per heavy atom. The number of ether oxygens (including phenoxy) is 1. The Morgan fingerprint density at radius 3 is 2.71 bits per heavy atom. The van der Waals surface area contributed by atoms with E-state index in [9.17, 15) is 4.79 Å². The maximum atomic E-state index is 12.6. The van der Waals surface area contributed by atoms with Gasteiger partial charge in [-0.2, -0.15) is 0 Å². The van der Waals surface area contributed by atoms with Crippen LogP contribution < -0.4 is 10.1 Å². The van der Waals surface area contributed by atoms with Crippen LogP contribution in [0.3, 0.4) is 0 Å². The zero-order valence-electron chi connectivity index (χ0n) is 14.2. The Morgan fingerprint density at radius 2 is 1.92 bits per heavy atom. The van der Waals surface area contributed by atoms with E-state index in [1.165, 1.54) is 38.8 Å². The summed E-state index contributed by atoms with van der Waals surface area (Å²) in [6.07, 6.45) is 6.22. The largest absolute Gasteiger partial charge is 0.491 e. The van der Waals surface area contributed by atoms with Crippen LogP contribution in [-0.4, -0.2) is 54.7 Å². The molecule has 4 rings (SSSR count). The lowest BCUT2D eigenvalue weighted by Crippen LogP contribution is -2.38. The van der Waals surface area contributed by atoms with E-state index < -0.39 is 0 Å². The molecule has 1 N–H and O–H groups in total. The predicted octanol–water partition coefficient (Wildman–Crippen LogP) is 3.18. The molecule has 1 aliphatic carbocycles. The molecule has 0 unspecified atom stereocenters. The van der Waals surface area contributed by atoms with Crippen LogP contribution in [0.4, 0.5) is 10.5 Å². The molecule has 2 aliphatic heterocycles. The first-order valence-corrected chi connectivity index (χ1v) is 9.31. The molecule has 5 nitrogen and oxygen atoms in total. The Balaban J connectivity index is 1.34. The molecule has 1 saturated carbocycles. The first-order valence-electron chi connectivity index (χ1n) is 9.31. The number of nitrogens with one attached hydrogen (secondary N) is 1. The van der Waals surface area contributed by atoms with Crippen molar-refractivity contribution in [1.29, 1.82) is 0 Å². The van der Waals surface area contributed by atoms with Gasteiger partial charge in [-0.3, -0.25) is 4.90 Å². The van der Waals surface area contributed by atoms with Crippen LogP contribution in [-0.2, 0) is 0 Å². The number of benzene rings is 1. The number of amides is 2. The van der Waals surface area contributed by atoms with Crippen molar-refractivity contribution in [2.45, 2.75) is 38.1 Å². The van der Waals surface area contributed by atoms with E-state index in [0.29, 0.717) is 12.0 Å². The van der Waals surface area contributed by atoms with Crippen LogP contribution in [0.15, 0.2) is 24.3 Å². The summed E-state index contributed by atoms with van der Waals surface area (Å²) in [5, 5.41) is 3.05. The van der Waals surface area contributed by atoms with Crippen molar-refractivity contribution in [2.24, 2.45) is 5.92 Å². The number of anilines is 1. The van der Waals surface area contributed by atoms with E-state index in [1.54, 1.807) is 0 Å². The molecule has 3 fully saturated rings. The molecule has 3 aliphatic rings. The van der Waals surface area contributed by atoms with Gasteiger partial charge in [0.15, 0.2) is 0 Å². The van der Waals surface area contributed by atoms with E-state index in [2.05, 4.69) is 10.2 Å². The summed E-state index contributed by atoms with van der Waals surface area (Å²) in [6.45, 7) is 4.83. The van der Waals surface area contributed by atoms with Gasteiger partial charge in [-0.25, -0.2) is 4.79 Å². The molecule has 0 spiro atoms. The van der Waals surface area contributed by atoms with Gasteiger partial charge >= 0.3 is 6.03 Å². The maximum Gasteiger partial charge on any atom is 0.322 e. The quantitative estimate of drug-likeness (QED) is 0.902. The monoisotopic (exact) mass is 329 g/mol. The van der Waals surface area contributed by atoms with Crippen LogP contribution >= 0.6 is 0 Å². The van der Waals surface area contributed by atoms with Crippen LogP contribution in [0.25, 0.3) is 0 Å². The first kappa shape index (κ1) is 15.8. The number of para-hydroxylation sites is 2. The van der Waals surface area contributed by atoms with Gasteiger partial charge in [-0.1, -0.05) is 12.1 Å². The Hall–Kier alpha value is -1.75. The molecule has 0 aromatic heterocycles. The van der Waals surface area contributed by atoms with Gasteiger partial charge in [-0.15, -0.1) is 0 Å². The Labute approximate surface area is 144 Å². The average Bonchev–Trinajstić information content (AvgIpc) is 3.07. The molecule has 2 amide bonds. The molecule has 1 atom stereocenters. The van der Waals surface area contributed by atoms with Crippen LogP contribution in [0, 0.1) is 5.92 Å². The fourth-order valence-corrected chi connectivity index (χ4v) is 3.71. The average molecular weight is 329 g/mol. The minimum absolute atomic E-state index is 0.000770. The third-order valence-electron chi connectivity index (χ3n) is 5.41. The van der Waals surface area contributed by atoms with Gasteiger partial charge in [0.2, 0.25) is 0 Å². The Bertz CT molecular complexity index is 582. The molecule has 2 heterocycles. The van der Waals surface area contributed by atoms with Gasteiger partial charge in [0.25, 0.3) is 0 Å². The summed E-state index contributed by atoms with van der Waals surface area (Å²) in [7, 11) is 0. The SMILES string of the molecule is O=C(Nc1ccccc1OCC1CC1)N1CC[C@@H](N2CCCC2)C1. The fraction of sp³-hybridized carbons (Fsp3) is 0.632. The third-order valence-corrected chi connectivity index (χ3v) is 5.41. The molecule has 1 aromatic rings. The lowest BCUT2D eigenvalue weighted by atomic mass is 10.2. The van der Waals surface area contributed by atoms with Crippen LogP contribution in [0.1, 0.15) is 32.1 Å². The fourth-order valence-electron chi connectivity index (χ4n) is 3.71. The number of rotatable bonds is 5. The number of hydrogen-bond acceptors (Lipinski definition) is 3. The highest BCUT2D eigenvalue weighted by Gasteiger charge is 2.31. The van der Waals surface area contributed by atoms with Crippen molar-refractivity contribution in [1.82, 2.24) is 9.80 Å². The highest BCUT2D eigenvalue weighted by molar-refractivity contribution is 5.91. The van der Waals surface area contributed by atoms with E-state index in [0.717, 1.165) is 37.6 Å². The van der Waals surface area contributed by atoms with Crippen molar-refractivity contribution < 1.29 is 9.53 Å². The first-order chi connectivity index (χ1) is 11.8. The highest BCUT2D eigenvalue weighted by atomic mass is 16.5. The van der Waals surface area contributed by atoms with Gasteiger partial charge in [0.05, 0.1) is 12.3 Å². The van der Waals surface area contributed by atoms with E-state index in [-0.39, 0.29) is 6.03 Å². The summed E-state index contributed by atoms with van der Waals surface area (Å²) in [5.74, 6) is 1.49. The standard InChI is InChI=1S/C19H27N3O2/c23-19(22-12-9-16(13-22)21-10-3-4-11-21)20-17-5-1-2-6-18(17)24-14-15-7-8-15/h1-2,5-6,15-16H,3-4,7-14H2,(H,20,23)/t16-/m1/s1. The second kappa shape index (κ2) is 7.01. The van der Waals surface area contributed by atoms with Gasteiger partial charge in [-0.05, 0) is 63.2 Å². The number of likely N-dealkylation sites (tertiary alicyclic amines) is 2. The second-order valence-corrected chi connectivity index (χ2v) is 7.31. The lowest BCUT2D eigenvalue weighted by molar-refractivity contribution is 0.210. The molecule has 5 heteroatoms. The third kappa shape index (κ3) is 3.66. The summed E-state index contributed by atoms with van der Waals surface area (Å²) in [5.41, 5.74) is 0.785. The molecule has 130 valence electrons. The van der Waals surface area contributed by atoms with Gasteiger partial charge < -0.3 is 15.0 Å². The highest BCUT2D eigenvalue weighted by Crippen LogP contribution is 2.32. The van der Waals surface area contributed by atoms with Crippen molar-refractivity contribution in [3.8, 4) is 5.75 Å². The van der Waals surface area contributed by atoms with Gasteiger partial charge in [0.1, 0.15) is 5.75 Å². The van der Waals surface area contributed by atoms with Crippen molar-refractivity contribution >= 4 is 11.7 Å². The number of carbonyl (C=O) groups excluding carboxylic acids is 1. The molecule has 0 radical (unpaired) electrons. The Kier molecular flexibility index (Phi) is 4.60. The summed E-state index contributed by atoms with van der Waals surface area (Å²) >= 11 is 0. The van der Waals surface area contributed by atoms with Crippen LogP contribution in [0.2, 0.25) is 0 Å². The van der Waals surface area contributed by atoms with Crippen molar-refractivity contribution in [3.63, 3.8) is 0 Å². The van der Waals surface area contributed by atoms with E-state index >= 15 is 0 Å². The van der Waals surface area contributed by atoms with Crippen LogP contribution in [0.5, 0.6) is 5.75 Å². The number of hydrogen-bond donors (Lipinski definition) is 1. The number of urea groups is 1. The lowest BCUT2D eigenvalue weighted by Gasteiger charge is -2.24. The predicted molar refractivity (Wildman–Crippen MR) is 94.5 cm³/mol. The summed E-state index contributed by atoms with van der Waals surface area (Å²) < 4.78 is 5.89. The molecule has 1 aromatic carbocycles. The van der Waals surface area contributed by atoms with Crippen molar-refractivity contribution in [3.05, 3.63) is 24.3 Å². The normalized spacial score (nSPS) is 24.3. The second-order valence-electron chi connectivity index (χ2n) is 7.31. The zero-order valence-corrected chi connectivity index (χ0v) is 14.2. The molecule has 24 heavy (non-hydrogen) atoms. The molecular weight excluding hydrogens is 302 g/mol. The van der Waals surface area contributed by atoms with Crippen molar-refractivity contribution in [2.75, 3.05) is 38.1 Å². The van der Waals surface area contributed by atoms with E-state index in [1.807, 2.05) is 29.2 Å². The smallest absolute Gasteiger partial charge is 0.322 e. The molecule has 2 saturated heterocycles. The summed E-state index contributed by atoms with van der Waals surface area (Å²) in [6, 6.07) is 8.30. The topological polar surface area (TPSA) is 44.8 Å². The number of nitrogens with zero attached hydrogens (tertiary/aromatic N) is 2. The molecule has 0 bridgehead atoms. The summed E-state index contributed by atoms with van der Waals surface area (Å²) in [4.78, 5) is 17.1. The minimum Gasteiger partial charge on any atom is -0.491 e. The zero-order chi connectivity index (χ0) is 16.4. The maximum absolute atomic E-state index is 12.6. The molecular formula is C19H27N3O2.